The molecule has 0 saturated heterocycles. The molecule has 0 bridgehead atoms. The average molecular weight is 1020 g/mol. The van der Waals surface area contributed by atoms with E-state index in [2.05, 4.69) is 127 Å². The first-order valence-electron chi connectivity index (χ1n) is 9.35. The number of ether oxygens (including phenoxy) is 2. The third kappa shape index (κ3) is 9.91. The third-order valence-corrected chi connectivity index (χ3v) is 13.3. The Labute approximate surface area is 273 Å². The van der Waals surface area contributed by atoms with Gasteiger partial charge in [-0.05, 0) is 140 Å². The molecule has 200 valence electrons. The zero-order chi connectivity index (χ0) is 27.7. The Bertz CT molecular complexity index is 1090. The minimum absolute atomic E-state index is 0.257. The summed E-state index contributed by atoms with van der Waals surface area (Å²) in [5.41, 5.74) is 0.589. The fraction of sp³-hybridized carbons (Fsp3) is 0.300. The maximum absolute atomic E-state index is 11.9. The van der Waals surface area contributed by atoms with Gasteiger partial charge in [0.15, 0.2) is 0 Å². The lowest BCUT2D eigenvalue weighted by Crippen LogP contribution is -2.25. The fourth-order valence-electron chi connectivity index (χ4n) is 2.09. The number of esters is 2. The third-order valence-electron chi connectivity index (χ3n) is 3.94. The highest BCUT2D eigenvalue weighted by atomic mass is 79.9. The van der Waals surface area contributed by atoms with Crippen molar-refractivity contribution in [2.24, 2.45) is 0 Å². The van der Waals surface area contributed by atoms with Crippen molar-refractivity contribution < 1.29 is 39.5 Å². The number of rotatable bonds is 8. The van der Waals surface area contributed by atoms with Gasteiger partial charge in [-0.3, -0.25) is 0 Å². The second-order valence-corrected chi connectivity index (χ2v) is 13.0. The molecule has 0 aliphatic heterocycles. The maximum atomic E-state index is 11.9. The monoisotopic (exact) mass is 1020 g/mol. The van der Waals surface area contributed by atoms with Gasteiger partial charge in [0, 0.05) is 35.8 Å². The molecule has 1 atom stereocenters. The van der Waals surface area contributed by atoms with Crippen molar-refractivity contribution in [3.8, 4) is 0 Å². The molecule has 0 fully saturated rings. The maximum Gasteiger partial charge on any atom is 0.339 e. The van der Waals surface area contributed by atoms with Crippen LogP contribution in [0.25, 0.3) is 0 Å². The highest BCUT2D eigenvalue weighted by Gasteiger charge is 2.21. The first-order chi connectivity index (χ1) is 16.8. The molecule has 2 aromatic rings. The minimum atomic E-state index is -1.07. The summed E-state index contributed by atoms with van der Waals surface area (Å²) in [6.07, 6.45) is -2.00. The van der Waals surface area contributed by atoms with Gasteiger partial charge in [0.1, 0.15) is 18.8 Å². The molecule has 0 aliphatic carbocycles. The van der Waals surface area contributed by atoms with Crippen LogP contribution >= 0.6 is 127 Å². The van der Waals surface area contributed by atoms with Gasteiger partial charge in [-0.15, -0.1) is 0 Å². The van der Waals surface area contributed by atoms with Crippen LogP contribution in [0.2, 0.25) is 0 Å². The first-order valence-corrected chi connectivity index (χ1v) is 15.7. The van der Waals surface area contributed by atoms with E-state index in [9.17, 15) is 9.59 Å². The summed E-state index contributed by atoms with van der Waals surface area (Å²) in [4.78, 5) is 23.7. The summed E-state index contributed by atoms with van der Waals surface area (Å²) in [6, 6.07) is 3.17. The van der Waals surface area contributed by atoms with E-state index in [1.54, 1.807) is 12.1 Å². The number of carbonyl (C=O) groups is 2. The van der Waals surface area contributed by atoms with Crippen LogP contribution in [-0.4, -0.2) is 71.0 Å². The van der Waals surface area contributed by atoms with E-state index in [-0.39, 0.29) is 12.2 Å². The summed E-state index contributed by atoms with van der Waals surface area (Å²) in [6.45, 7) is -1.58. The molecular weight excluding hydrogens is 1010 g/mol. The molecular formula is C20H16Br8O8. The molecule has 1 unspecified atom stereocenters. The van der Waals surface area contributed by atoms with E-state index < -0.39 is 44.0 Å². The largest absolute Gasteiger partial charge is 0.459 e. The number of carbonyl (C=O) groups excluding carboxylic acids is 2. The molecule has 4 N–H and O–H groups in total. The molecule has 0 aliphatic rings. The van der Waals surface area contributed by atoms with Crippen LogP contribution in [0.5, 0.6) is 0 Å². The second-order valence-electron chi connectivity index (χ2n) is 6.52. The van der Waals surface area contributed by atoms with Crippen molar-refractivity contribution in [1.82, 2.24) is 0 Å². The summed E-state index contributed by atoms with van der Waals surface area (Å²) in [7, 11) is 0. The molecule has 2 rings (SSSR count). The Morgan fingerprint density at radius 2 is 1.08 bits per heavy atom. The summed E-state index contributed by atoms with van der Waals surface area (Å²) >= 11 is 26.5. The molecule has 0 saturated carbocycles. The zero-order valence-electron chi connectivity index (χ0n) is 17.6. The van der Waals surface area contributed by atoms with Crippen molar-refractivity contribution in [2.75, 3.05) is 26.4 Å². The van der Waals surface area contributed by atoms with Gasteiger partial charge in [-0.2, -0.15) is 0 Å². The summed E-state index contributed by atoms with van der Waals surface area (Å²) in [5, 5.41) is 35.5. The van der Waals surface area contributed by atoms with E-state index in [0.29, 0.717) is 32.4 Å². The van der Waals surface area contributed by atoms with Crippen molar-refractivity contribution in [1.29, 1.82) is 0 Å². The van der Waals surface area contributed by atoms with Gasteiger partial charge in [-0.25, -0.2) is 9.59 Å². The van der Waals surface area contributed by atoms with Crippen molar-refractivity contribution in [2.45, 2.75) is 12.2 Å². The standard InChI is InChI=1S/2C10H8Br4O4/c11-6-1-5(7(12)9(14)8(6)13)10(17)18-3-4(16)2-15;11-6-1-5(7(12)9(14)8(6)13)10(17)18-4(2-15)3-16/h2*1,4,15-16H,2-3H2. The number of halogens is 8. The van der Waals surface area contributed by atoms with Gasteiger partial charge in [0.2, 0.25) is 0 Å². The molecule has 0 radical (unpaired) electrons. The summed E-state index contributed by atoms with van der Waals surface area (Å²) in [5.74, 6) is -1.23. The van der Waals surface area contributed by atoms with E-state index in [1.165, 1.54) is 0 Å². The Morgan fingerprint density at radius 3 is 1.47 bits per heavy atom. The Balaban J connectivity index is 0.000000360. The van der Waals surface area contributed by atoms with E-state index in [0.717, 1.165) is 8.95 Å². The first kappa shape index (κ1) is 35.1. The molecule has 2 aromatic carbocycles. The Morgan fingerprint density at radius 1 is 0.667 bits per heavy atom. The smallest absolute Gasteiger partial charge is 0.339 e. The van der Waals surface area contributed by atoms with Gasteiger partial charge < -0.3 is 29.9 Å². The number of hydrogen-bond donors (Lipinski definition) is 4. The van der Waals surface area contributed by atoms with E-state index in [4.69, 9.17) is 29.9 Å². The van der Waals surface area contributed by atoms with Crippen LogP contribution in [0, 0.1) is 0 Å². The molecule has 0 aromatic heterocycles. The van der Waals surface area contributed by atoms with Crippen LogP contribution in [-0.2, 0) is 9.47 Å². The number of benzene rings is 2. The number of aliphatic hydroxyl groups excluding tert-OH is 4. The molecule has 0 amide bonds. The molecule has 0 spiro atoms. The summed E-state index contributed by atoms with van der Waals surface area (Å²) < 4.78 is 15.1. The Kier molecular flexibility index (Phi) is 16.6. The molecule has 16 heteroatoms. The van der Waals surface area contributed by atoms with E-state index >= 15 is 0 Å². The van der Waals surface area contributed by atoms with Gasteiger partial charge in [0.25, 0.3) is 0 Å². The SMILES string of the molecule is O=C(OC(CO)CO)c1cc(Br)c(Br)c(Br)c1Br.O=C(OCC(O)CO)c1cc(Br)c(Br)c(Br)c1Br. The van der Waals surface area contributed by atoms with Crippen LogP contribution in [0.4, 0.5) is 0 Å². The van der Waals surface area contributed by atoms with Gasteiger partial charge in [0.05, 0.1) is 30.9 Å². The normalized spacial score (nSPS) is 11.6. The number of hydrogen-bond acceptors (Lipinski definition) is 8. The topological polar surface area (TPSA) is 134 Å². The quantitative estimate of drug-likeness (QED) is 0.134. The average Bonchev–Trinajstić information content (AvgIpc) is 2.87. The van der Waals surface area contributed by atoms with E-state index in [1.807, 2.05) is 0 Å². The van der Waals surface area contributed by atoms with Crippen LogP contribution in [0.1, 0.15) is 20.7 Å². The van der Waals surface area contributed by atoms with Crippen molar-refractivity contribution in [3.63, 3.8) is 0 Å². The highest BCUT2D eigenvalue weighted by molar-refractivity contribution is 9.15. The lowest BCUT2D eigenvalue weighted by atomic mass is 10.2. The predicted octanol–water partition coefficient (Wildman–Crippen LogP) is 6.49. The Hall–Kier alpha value is 1.06. The van der Waals surface area contributed by atoms with Crippen LogP contribution < -0.4 is 0 Å². The molecule has 36 heavy (non-hydrogen) atoms. The second kappa shape index (κ2) is 17.0. The van der Waals surface area contributed by atoms with Gasteiger partial charge >= 0.3 is 11.9 Å². The lowest BCUT2D eigenvalue weighted by Gasteiger charge is -2.14. The highest BCUT2D eigenvalue weighted by Crippen LogP contribution is 2.40. The van der Waals surface area contributed by atoms with Crippen molar-refractivity contribution >= 4 is 139 Å². The number of aliphatic hydroxyl groups is 4. The molecule has 0 heterocycles. The van der Waals surface area contributed by atoms with Crippen LogP contribution in [0.3, 0.4) is 0 Å². The predicted molar refractivity (Wildman–Crippen MR) is 161 cm³/mol. The molecule has 8 nitrogen and oxygen atoms in total. The lowest BCUT2D eigenvalue weighted by molar-refractivity contribution is -0.00555. The minimum Gasteiger partial charge on any atom is -0.459 e. The fourth-order valence-corrected chi connectivity index (χ4v) is 6.44. The zero-order valence-corrected chi connectivity index (χ0v) is 30.3. The van der Waals surface area contributed by atoms with Gasteiger partial charge in [-0.1, -0.05) is 0 Å². The van der Waals surface area contributed by atoms with Crippen molar-refractivity contribution in [3.05, 3.63) is 59.0 Å². The van der Waals surface area contributed by atoms with Crippen LogP contribution in [0.15, 0.2) is 47.9 Å².